The second kappa shape index (κ2) is 5.65. The molecule has 1 aromatic heterocycles. The number of aryl methyl sites for hydroxylation is 1. The highest BCUT2D eigenvalue weighted by Gasteiger charge is 2.24. The lowest BCUT2D eigenvalue weighted by atomic mass is 9.85. The third-order valence-corrected chi connectivity index (χ3v) is 4.41. The molecule has 1 saturated carbocycles. The zero-order valence-electron chi connectivity index (χ0n) is 10.2. The Labute approximate surface area is 106 Å². The van der Waals surface area contributed by atoms with Crippen molar-refractivity contribution in [2.45, 2.75) is 45.2 Å². The monoisotopic (exact) mass is 252 g/mol. The van der Waals surface area contributed by atoms with Crippen molar-refractivity contribution >= 4 is 17.2 Å². The van der Waals surface area contributed by atoms with Crippen molar-refractivity contribution in [1.82, 2.24) is 5.32 Å². The van der Waals surface area contributed by atoms with Gasteiger partial charge in [-0.2, -0.15) is 11.3 Å². The van der Waals surface area contributed by atoms with Crippen molar-refractivity contribution in [2.75, 3.05) is 0 Å². The van der Waals surface area contributed by atoms with E-state index in [1.807, 2.05) is 0 Å². The van der Waals surface area contributed by atoms with E-state index in [1.54, 1.807) is 11.3 Å². The Bertz CT molecular complexity index is 389. The summed E-state index contributed by atoms with van der Waals surface area (Å²) in [7, 11) is 0. The molecule has 0 spiro atoms. The van der Waals surface area contributed by atoms with E-state index in [2.05, 4.69) is 23.0 Å². The van der Waals surface area contributed by atoms with Crippen LogP contribution in [0.4, 0.5) is 0 Å². The molecule has 0 saturated heterocycles. The number of rotatable bonds is 3. The lowest BCUT2D eigenvalue weighted by Crippen LogP contribution is -2.37. The molecule has 94 valence electrons. The quantitative estimate of drug-likeness (QED) is 0.866. The van der Waals surface area contributed by atoms with E-state index in [1.165, 1.54) is 11.1 Å². The average Bonchev–Trinajstić information content (AvgIpc) is 2.72. The van der Waals surface area contributed by atoms with Gasteiger partial charge in [0.05, 0.1) is 0 Å². The van der Waals surface area contributed by atoms with Gasteiger partial charge in [0, 0.05) is 18.5 Å². The highest BCUT2D eigenvalue weighted by atomic mass is 32.1. The Balaban J connectivity index is 1.83. The van der Waals surface area contributed by atoms with Gasteiger partial charge in [-0.1, -0.05) is 6.42 Å². The maximum absolute atomic E-state index is 12.0. The largest absolute Gasteiger partial charge is 0.352 e. The molecule has 0 aromatic carbocycles. The Hall–Kier alpha value is -0.870. The number of nitrogens with one attached hydrogen (secondary N) is 1. The van der Waals surface area contributed by atoms with Crippen LogP contribution in [0, 0.1) is 12.8 Å². The molecule has 1 heterocycles. The zero-order chi connectivity index (χ0) is 12.3. The van der Waals surface area contributed by atoms with Gasteiger partial charge in [-0.25, -0.2) is 0 Å². The van der Waals surface area contributed by atoms with Crippen LogP contribution in [0.15, 0.2) is 10.8 Å². The van der Waals surface area contributed by atoms with Crippen LogP contribution in [0.25, 0.3) is 0 Å². The van der Waals surface area contributed by atoms with Crippen molar-refractivity contribution in [3.8, 4) is 0 Å². The number of hydrogen-bond donors (Lipinski definition) is 2. The van der Waals surface area contributed by atoms with Crippen LogP contribution in [0.5, 0.6) is 0 Å². The third kappa shape index (κ3) is 3.30. The molecule has 1 amide bonds. The fourth-order valence-corrected chi connectivity index (χ4v) is 3.22. The Morgan fingerprint density at radius 1 is 1.53 bits per heavy atom. The van der Waals surface area contributed by atoms with E-state index in [9.17, 15) is 4.79 Å². The minimum absolute atomic E-state index is 0.123. The smallest absolute Gasteiger partial charge is 0.223 e. The lowest BCUT2D eigenvalue weighted by molar-refractivity contribution is -0.126. The third-order valence-electron chi connectivity index (χ3n) is 3.50. The van der Waals surface area contributed by atoms with Crippen molar-refractivity contribution in [2.24, 2.45) is 11.7 Å². The molecule has 1 aromatic rings. The van der Waals surface area contributed by atoms with Crippen LogP contribution in [0.2, 0.25) is 0 Å². The fourth-order valence-electron chi connectivity index (χ4n) is 2.36. The molecule has 4 heteroatoms. The molecule has 0 bridgehead atoms. The SMILES string of the molecule is Cc1cscc1CNC(=O)C1CCCC(N)C1. The summed E-state index contributed by atoms with van der Waals surface area (Å²) in [5.41, 5.74) is 8.38. The molecule has 0 aliphatic heterocycles. The van der Waals surface area contributed by atoms with Gasteiger partial charge in [-0.15, -0.1) is 0 Å². The maximum atomic E-state index is 12.0. The molecular formula is C13H20N2OS. The molecule has 1 fully saturated rings. The maximum Gasteiger partial charge on any atom is 0.223 e. The van der Waals surface area contributed by atoms with Gasteiger partial charge >= 0.3 is 0 Å². The van der Waals surface area contributed by atoms with Gasteiger partial charge in [-0.3, -0.25) is 4.79 Å². The summed E-state index contributed by atoms with van der Waals surface area (Å²) < 4.78 is 0. The van der Waals surface area contributed by atoms with E-state index in [-0.39, 0.29) is 17.9 Å². The number of thiophene rings is 1. The molecule has 3 nitrogen and oxygen atoms in total. The molecule has 3 N–H and O–H groups in total. The van der Waals surface area contributed by atoms with Gasteiger partial charge in [-0.05, 0) is 48.1 Å². The lowest BCUT2D eigenvalue weighted by Gasteiger charge is -2.25. The van der Waals surface area contributed by atoms with E-state index < -0.39 is 0 Å². The first-order valence-corrected chi connectivity index (χ1v) is 7.16. The minimum Gasteiger partial charge on any atom is -0.352 e. The Morgan fingerprint density at radius 3 is 3.00 bits per heavy atom. The summed E-state index contributed by atoms with van der Waals surface area (Å²) in [4.78, 5) is 12.0. The van der Waals surface area contributed by atoms with Gasteiger partial charge in [0.1, 0.15) is 0 Å². The second-order valence-corrected chi connectivity index (χ2v) is 5.67. The number of amides is 1. The molecule has 17 heavy (non-hydrogen) atoms. The molecule has 1 aliphatic carbocycles. The minimum atomic E-state index is 0.123. The van der Waals surface area contributed by atoms with E-state index >= 15 is 0 Å². The topological polar surface area (TPSA) is 55.1 Å². The number of carbonyl (C=O) groups is 1. The van der Waals surface area contributed by atoms with Crippen molar-refractivity contribution in [3.05, 3.63) is 21.9 Å². The van der Waals surface area contributed by atoms with Crippen molar-refractivity contribution in [3.63, 3.8) is 0 Å². The predicted molar refractivity (Wildman–Crippen MR) is 70.8 cm³/mol. The molecule has 2 unspecified atom stereocenters. The van der Waals surface area contributed by atoms with E-state index in [4.69, 9.17) is 5.73 Å². The highest BCUT2D eigenvalue weighted by molar-refractivity contribution is 7.08. The van der Waals surface area contributed by atoms with Gasteiger partial charge in [0.25, 0.3) is 0 Å². The zero-order valence-corrected chi connectivity index (χ0v) is 11.1. The molecule has 2 rings (SSSR count). The molecule has 0 radical (unpaired) electrons. The summed E-state index contributed by atoms with van der Waals surface area (Å²) >= 11 is 1.68. The first kappa shape index (κ1) is 12.6. The van der Waals surface area contributed by atoms with E-state index in [0.717, 1.165) is 25.7 Å². The van der Waals surface area contributed by atoms with Crippen LogP contribution in [0.1, 0.15) is 36.8 Å². The van der Waals surface area contributed by atoms with Crippen LogP contribution < -0.4 is 11.1 Å². The van der Waals surface area contributed by atoms with Crippen molar-refractivity contribution in [1.29, 1.82) is 0 Å². The summed E-state index contributed by atoms with van der Waals surface area (Å²) in [6.45, 7) is 2.73. The summed E-state index contributed by atoms with van der Waals surface area (Å²) in [6, 6.07) is 0.211. The molecule has 2 atom stereocenters. The van der Waals surface area contributed by atoms with Crippen molar-refractivity contribution < 1.29 is 4.79 Å². The van der Waals surface area contributed by atoms with Crippen LogP contribution >= 0.6 is 11.3 Å². The molecular weight excluding hydrogens is 232 g/mol. The van der Waals surface area contributed by atoms with Gasteiger partial charge < -0.3 is 11.1 Å². The second-order valence-electron chi connectivity index (χ2n) is 4.92. The van der Waals surface area contributed by atoms with Crippen LogP contribution in [0.3, 0.4) is 0 Å². The van der Waals surface area contributed by atoms with Crippen LogP contribution in [-0.2, 0) is 11.3 Å². The van der Waals surface area contributed by atoms with Gasteiger partial charge in [0.2, 0.25) is 5.91 Å². The Morgan fingerprint density at radius 2 is 2.35 bits per heavy atom. The normalized spacial score (nSPS) is 24.6. The fraction of sp³-hybridized carbons (Fsp3) is 0.615. The first-order valence-electron chi connectivity index (χ1n) is 6.21. The predicted octanol–water partition coefficient (Wildman–Crippen LogP) is 2.19. The number of carbonyl (C=O) groups excluding carboxylic acids is 1. The first-order chi connectivity index (χ1) is 8.16. The summed E-state index contributed by atoms with van der Waals surface area (Å²) in [5.74, 6) is 0.295. The van der Waals surface area contributed by atoms with Gasteiger partial charge in [0.15, 0.2) is 0 Å². The number of hydrogen-bond acceptors (Lipinski definition) is 3. The summed E-state index contributed by atoms with van der Waals surface area (Å²) in [5, 5.41) is 7.24. The Kier molecular flexibility index (Phi) is 4.18. The molecule has 1 aliphatic rings. The summed E-state index contributed by atoms with van der Waals surface area (Å²) in [6.07, 6.45) is 3.97. The van der Waals surface area contributed by atoms with Crippen LogP contribution in [-0.4, -0.2) is 11.9 Å². The van der Waals surface area contributed by atoms with E-state index in [0.29, 0.717) is 6.54 Å². The standard InChI is InChI=1S/C13H20N2OS/c1-9-7-17-8-11(9)6-15-13(16)10-3-2-4-12(14)5-10/h7-8,10,12H,2-6,14H2,1H3,(H,15,16). The highest BCUT2D eigenvalue weighted by Crippen LogP contribution is 2.23. The number of nitrogens with two attached hydrogens (primary N) is 1. The average molecular weight is 252 g/mol.